The second kappa shape index (κ2) is 4.58. The monoisotopic (exact) mass is 247 g/mol. The largest absolute Gasteiger partial charge is 0.381 e. The molecule has 1 aromatic rings. The average Bonchev–Trinajstić information content (AvgIpc) is 2.27. The summed E-state index contributed by atoms with van der Waals surface area (Å²) in [5, 5.41) is 3.71. The number of hydrogen-bond acceptors (Lipinski definition) is 2. The van der Waals surface area contributed by atoms with Gasteiger partial charge in [-0.3, -0.25) is 0 Å². The molecule has 0 spiro atoms. The van der Waals surface area contributed by atoms with Gasteiger partial charge in [-0.15, -0.1) is 0 Å². The highest BCUT2D eigenvalue weighted by Gasteiger charge is 2.44. The lowest BCUT2D eigenvalue weighted by Gasteiger charge is -2.48. The van der Waals surface area contributed by atoms with Gasteiger partial charge in [0.05, 0.1) is 6.10 Å². The molecule has 0 aromatic heterocycles. The van der Waals surface area contributed by atoms with E-state index < -0.39 is 0 Å². The summed E-state index contributed by atoms with van der Waals surface area (Å²) in [6.07, 6.45) is 0.154. The van der Waals surface area contributed by atoms with E-state index in [4.69, 9.17) is 4.74 Å². The van der Waals surface area contributed by atoms with E-state index in [2.05, 4.69) is 58.1 Å². The number of methoxy groups -OCH3 is 1. The van der Waals surface area contributed by atoms with Crippen LogP contribution in [0.1, 0.15) is 44.9 Å². The Labute approximate surface area is 111 Å². The minimum Gasteiger partial charge on any atom is -0.381 e. The third-order valence-corrected chi connectivity index (χ3v) is 4.18. The molecule has 2 atom stereocenters. The maximum Gasteiger partial charge on any atom is 0.0911 e. The minimum atomic E-state index is 0.0885. The zero-order valence-corrected chi connectivity index (χ0v) is 12.4. The fourth-order valence-electron chi connectivity index (χ4n) is 3.40. The predicted molar refractivity (Wildman–Crippen MR) is 77.0 cm³/mol. The standard InChI is InChI=1S/C16H25NO/c1-10(2)14-16(4,5)15(18-6)12-8-7-11(3)9-13(12)17-14/h7-10,14-15,17H,1-6H3. The van der Waals surface area contributed by atoms with Crippen molar-refractivity contribution < 1.29 is 4.74 Å². The molecule has 0 radical (unpaired) electrons. The zero-order chi connectivity index (χ0) is 13.5. The van der Waals surface area contributed by atoms with Crippen LogP contribution in [0.25, 0.3) is 0 Å². The predicted octanol–water partition coefficient (Wildman–Crippen LogP) is 4.16. The molecular formula is C16H25NO. The van der Waals surface area contributed by atoms with Crippen LogP contribution in [0.2, 0.25) is 0 Å². The van der Waals surface area contributed by atoms with E-state index in [-0.39, 0.29) is 11.5 Å². The fourth-order valence-corrected chi connectivity index (χ4v) is 3.40. The first kappa shape index (κ1) is 13.4. The van der Waals surface area contributed by atoms with Gasteiger partial charge in [0, 0.05) is 29.8 Å². The lowest BCUT2D eigenvalue weighted by Crippen LogP contribution is -2.48. The van der Waals surface area contributed by atoms with Crippen molar-refractivity contribution in [1.82, 2.24) is 0 Å². The smallest absolute Gasteiger partial charge is 0.0911 e. The molecule has 1 aliphatic rings. The van der Waals surface area contributed by atoms with Crippen molar-refractivity contribution in [2.45, 2.75) is 46.8 Å². The van der Waals surface area contributed by atoms with Crippen LogP contribution in [0, 0.1) is 18.3 Å². The highest BCUT2D eigenvalue weighted by molar-refractivity contribution is 5.58. The molecule has 2 rings (SSSR count). The first-order chi connectivity index (χ1) is 8.37. The first-order valence-corrected chi connectivity index (χ1v) is 6.77. The number of aryl methyl sites for hydroxylation is 1. The molecule has 1 aliphatic heterocycles. The molecule has 18 heavy (non-hydrogen) atoms. The number of fused-ring (bicyclic) bond motifs is 1. The van der Waals surface area contributed by atoms with Crippen LogP contribution in [0.3, 0.4) is 0 Å². The van der Waals surface area contributed by atoms with Crippen molar-refractivity contribution in [1.29, 1.82) is 0 Å². The van der Waals surface area contributed by atoms with E-state index >= 15 is 0 Å². The molecule has 2 heteroatoms. The zero-order valence-electron chi connectivity index (χ0n) is 12.4. The van der Waals surface area contributed by atoms with E-state index in [1.54, 1.807) is 0 Å². The summed E-state index contributed by atoms with van der Waals surface area (Å²) < 4.78 is 5.81. The molecule has 100 valence electrons. The highest BCUT2D eigenvalue weighted by atomic mass is 16.5. The minimum absolute atomic E-state index is 0.0885. The van der Waals surface area contributed by atoms with Crippen LogP contribution in [0.15, 0.2) is 18.2 Å². The van der Waals surface area contributed by atoms with Crippen LogP contribution < -0.4 is 5.32 Å². The highest BCUT2D eigenvalue weighted by Crippen LogP contribution is 2.48. The van der Waals surface area contributed by atoms with Gasteiger partial charge in [-0.1, -0.05) is 39.8 Å². The summed E-state index contributed by atoms with van der Waals surface area (Å²) in [4.78, 5) is 0. The van der Waals surface area contributed by atoms with Gasteiger partial charge in [-0.05, 0) is 24.5 Å². The van der Waals surface area contributed by atoms with Crippen molar-refractivity contribution in [2.24, 2.45) is 11.3 Å². The number of nitrogens with one attached hydrogen (secondary N) is 1. The van der Waals surface area contributed by atoms with Crippen molar-refractivity contribution in [2.75, 3.05) is 12.4 Å². The molecule has 2 nitrogen and oxygen atoms in total. The SMILES string of the molecule is COC1c2ccc(C)cc2NC(C(C)C)C1(C)C. The number of anilines is 1. The van der Waals surface area contributed by atoms with Gasteiger partial charge in [-0.2, -0.15) is 0 Å². The molecule has 1 aromatic carbocycles. The third-order valence-electron chi connectivity index (χ3n) is 4.18. The molecule has 2 unspecified atom stereocenters. The quantitative estimate of drug-likeness (QED) is 0.847. The van der Waals surface area contributed by atoms with Gasteiger partial charge in [0.25, 0.3) is 0 Å². The first-order valence-electron chi connectivity index (χ1n) is 6.77. The Balaban J connectivity index is 2.52. The fraction of sp³-hybridized carbons (Fsp3) is 0.625. The van der Waals surface area contributed by atoms with E-state index in [0.29, 0.717) is 12.0 Å². The van der Waals surface area contributed by atoms with Crippen molar-refractivity contribution in [3.8, 4) is 0 Å². The van der Waals surface area contributed by atoms with Crippen LogP contribution in [-0.2, 0) is 4.74 Å². The van der Waals surface area contributed by atoms with Crippen molar-refractivity contribution in [3.05, 3.63) is 29.3 Å². The summed E-state index contributed by atoms with van der Waals surface area (Å²) in [5.41, 5.74) is 3.90. The van der Waals surface area contributed by atoms with E-state index in [9.17, 15) is 0 Å². The van der Waals surface area contributed by atoms with E-state index in [0.717, 1.165) is 0 Å². The molecule has 0 amide bonds. The van der Waals surface area contributed by atoms with Gasteiger partial charge in [0.1, 0.15) is 0 Å². The Bertz CT molecular complexity index is 437. The van der Waals surface area contributed by atoms with Crippen molar-refractivity contribution in [3.63, 3.8) is 0 Å². The van der Waals surface area contributed by atoms with Crippen LogP contribution in [0.4, 0.5) is 5.69 Å². The summed E-state index contributed by atoms with van der Waals surface area (Å²) in [6, 6.07) is 7.02. The Kier molecular flexibility index (Phi) is 3.41. The Morgan fingerprint density at radius 1 is 1.28 bits per heavy atom. The molecule has 0 aliphatic carbocycles. The van der Waals surface area contributed by atoms with E-state index in [1.165, 1.54) is 16.8 Å². The topological polar surface area (TPSA) is 21.3 Å². The normalized spacial score (nSPS) is 25.7. The number of rotatable bonds is 2. The number of ether oxygens (including phenoxy) is 1. The summed E-state index contributed by atoms with van der Waals surface area (Å²) in [6.45, 7) is 11.3. The molecule has 1 heterocycles. The maximum absolute atomic E-state index is 5.81. The van der Waals surface area contributed by atoms with E-state index in [1.807, 2.05) is 7.11 Å². The Morgan fingerprint density at radius 3 is 2.50 bits per heavy atom. The molecule has 0 fully saturated rings. The second-order valence-corrected chi connectivity index (χ2v) is 6.39. The average molecular weight is 247 g/mol. The number of benzene rings is 1. The lowest BCUT2D eigenvalue weighted by atomic mass is 9.69. The lowest BCUT2D eigenvalue weighted by molar-refractivity contribution is -0.0180. The molecule has 0 bridgehead atoms. The third kappa shape index (κ3) is 2.03. The van der Waals surface area contributed by atoms with Gasteiger partial charge in [-0.25, -0.2) is 0 Å². The summed E-state index contributed by atoms with van der Waals surface area (Å²) in [5.74, 6) is 0.575. The van der Waals surface area contributed by atoms with Crippen LogP contribution >= 0.6 is 0 Å². The van der Waals surface area contributed by atoms with Gasteiger partial charge in [0.2, 0.25) is 0 Å². The summed E-state index contributed by atoms with van der Waals surface area (Å²) in [7, 11) is 1.82. The second-order valence-electron chi connectivity index (χ2n) is 6.39. The maximum atomic E-state index is 5.81. The molecule has 0 saturated heterocycles. The van der Waals surface area contributed by atoms with Gasteiger partial charge in [0.15, 0.2) is 0 Å². The van der Waals surface area contributed by atoms with Crippen LogP contribution in [0.5, 0.6) is 0 Å². The van der Waals surface area contributed by atoms with Crippen molar-refractivity contribution >= 4 is 5.69 Å². The molecule has 1 N–H and O–H groups in total. The Morgan fingerprint density at radius 2 is 1.94 bits per heavy atom. The molecular weight excluding hydrogens is 222 g/mol. The van der Waals surface area contributed by atoms with Gasteiger partial charge < -0.3 is 10.1 Å². The molecule has 0 saturated carbocycles. The number of hydrogen-bond donors (Lipinski definition) is 1. The van der Waals surface area contributed by atoms with Gasteiger partial charge >= 0.3 is 0 Å². The Hall–Kier alpha value is -1.02. The summed E-state index contributed by atoms with van der Waals surface area (Å²) >= 11 is 0. The van der Waals surface area contributed by atoms with Crippen LogP contribution in [-0.4, -0.2) is 13.2 Å².